The molecule has 0 unspecified atom stereocenters. The van der Waals surface area contributed by atoms with Gasteiger partial charge in [0.25, 0.3) is 11.6 Å². The molecule has 2 heterocycles. The van der Waals surface area contributed by atoms with Crippen molar-refractivity contribution in [1.29, 1.82) is 0 Å². The lowest BCUT2D eigenvalue weighted by Gasteiger charge is -2.15. The van der Waals surface area contributed by atoms with Gasteiger partial charge in [-0.05, 0) is 24.3 Å². The first-order chi connectivity index (χ1) is 12.6. The average molecular weight is 423 g/mol. The maximum atomic E-state index is 6.05. The molecule has 6 nitrogen and oxygen atoms in total. The molecule has 2 aromatic heterocycles. The smallest absolute Gasteiger partial charge is 0.272 e. The van der Waals surface area contributed by atoms with E-state index < -0.39 is 0 Å². The van der Waals surface area contributed by atoms with Gasteiger partial charge in [-0.25, -0.2) is 9.13 Å². The Balaban J connectivity index is 0.00000196. The van der Waals surface area contributed by atoms with Crippen LogP contribution < -0.4 is 54.9 Å². The van der Waals surface area contributed by atoms with Crippen molar-refractivity contribution in [2.45, 2.75) is 13.1 Å². The van der Waals surface area contributed by atoms with Crippen LogP contribution in [-0.4, -0.2) is 14.2 Å². The van der Waals surface area contributed by atoms with Crippen molar-refractivity contribution in [1.82, 2.24) is 0 Å². The van der Waals surface area contributed by atoms with E-state index in [1.165, 1.54) is 0 Å². The zero-order chi connectivity index (χ0) is 18.5. The molecule has 0 saturated carbocycles. The third-order valence-electron chi connectivity index (χ3n) is 4.32. The Hall–Kier alpha value is -2.70. The molecule has 0 spiro atoms. The molecular formula is C20H24Cl2N4O2. The second kappa shape index (κ2) is 10.6. The topological polar surface area (TPSA) is 78.3 Å². The number of halogens is 2. The Labute approximate surface area is 177 Å². The highest BCUT2D eigenvalue weighted by Gasteiger charge is 2.16. The molecule has 150 valence electrons. The van der Waals surface area contributed by atoms with Crippen LogP contribution in [0, 0.1) is 0 Å². The number of nitrogens with zero attached hydrogens (tertiary/aromatic N) is 2. The van der Waals surface area contributed by atoms with Crippen LogP contribution in [0.25, 0.3) is 0 Å². The molecular weight excluding hydrogens is 399 g/mol. The lowest BCUT2D eigenvalue weighted by molar-refractivity contribution is -0.674. The monoisotopic (exact) mass is 422 g/mol. The normalized spacial score (nSPS) is 9.79. The van der Waals surface area contributed by atoms with E-state index in [0.717, 1.165) is 22.6 Å². The summed E-state index contributed by atoms with van der Waals surface area (Å²) < 4.78 is 15.1. The van der Waals surface area contributed by atoms with Gasteiger partial charge in [-0.15, -0.1) is 0 Å². The number of rotatable bonds is 6. The number of aromatic nitrogens is 2. The molecule has 0 amide bonds. The standard InChI is InChI=1S/C20H22N4O2.2ClH/c1-25-17-11-16(14-24-10-6-4-8-20(24)22)18(26-2)12-15(17)13-23-9-5-3-7-19(23)21;;/h3-12,21-22H,13-14H2,1-2H3;2*1H. The highest BCUT2D eigenvalue weighted by atomic mass is 35.5. The van der Waals surface area contributed by atoms with E-state index in [0.29, 0.717) is 24.7 Å². The lowest BCUT2D eigenvalue weighted by atomic mass is 10.1. The van der Waals surface area contributed by atoms with E-state index >= 15 is 0 Å². The highest BCUT2D eigenvalue weighted by molar-refractivity contribution is 5.46. The zero-order valence-electron chi connectivity index (χ0n) is 15.8. The minimum absolute atomic E-state index is 0. The summed E-state index contributed by atoms with van der Waals surface area (Å²) in [7, 11) is 3.33. The Bertz CT molecular complexity index is 847. The number of hydrogen-bond acceptors (Lipinski definition) is 4. The van der Waals surface area contributed by atoms with Gasteiger partial charge in [0.1, 0.15) is 24.6 Å². The molecule has 0 atom stereocenters. The molecule has 1 aromatic carbocycles. The van der Waals surface area contributed by atoms with Gasteiger partial charge in [0.15, 0.2) is 0 Å². The molecule has 0 fully saturated rings. The molecule has 0 saturated heterocycles. The fraction of sp³-hybridized carbons (Fsp3) is 0.200. The first kappa shape index (κ1) is 23.3. The third-order valence-corrected chi connectivity index (χ3v) is 4.32. The number of ether oxygens (including phenoxy) is 2. The number of methoxy groups -OCH3 is 2. The second-order valence-corrected chi connectivity index (χ2v) is 5.98. The molecule has 0 radical (unpaired) electrons. The van der Waals surface area contributed by atoms with Crippen LogP contribution in [-0.2, 0) is 13.1 Å². The van der Waals surface area contributed by atoms with Crippen molar-refractivity contribution in [3.8, 4) is 11.5 Å². The fourth-order valence-corrected chi connectivity index (χ4v) is 2.91. The van der Waals surface area contributed by atoms with Gasteiger partial charge in [0, 0.05) is 23.3 Å². The Kier molecular flexibility index (Phi) is 8.82. The SMILES string of the molecule is COc1cc(C[n+]2ccccc2N)c(OC)cc1C[n+]1ccccc1N.[Cl-].[Cl-]. The van der Waals surface area contributed by atoms with Crippen molar-refractivity contribution in [2.75, 3.05) is 25.7 Å². The average Bonchev–Trinajstić information content (AvgIpc) is 2.66. The minimum atomic E-state index is 0. The Morgan fingerprint density at radius 1 is 0.714 bits per heavy atom. The summed E-state index contributed by atoms with van der Waals surface area (Å²) in [4.78, 5) is 0. The van der Waals surface area contributed by atoms with Crippen LogP contribution >= 0.6 is 0 Å². The van der Waals surface area contributed by atoms with Crippen molar-refractivity contribution >= 4 is 11.6 Å². The van der Waals surface area contributed by atoms with Crippen molar-refractivity contribution < 1.29 is 43.4 Å². The van der Waals surface area contributed by atoms with Crippen LogP contribution in [0.15, 0.2) is 60.9 Å². The van der Waals surface area contributed by atoms with E-state index in [1.54, 1.807) is 14.2 Å². The van der Waals surface area contributed by atoms with E-state index in [2.05, 4.69) is 0 Å². The number of nitrogens with two attached hydrogens (primary N) is 2. The van der Waals surface area contributed by atoms with Gasteiger partial charge in [-0.2, -0.15) is 0 Å². The van der Waals surface area contributed by atoms with Gasteiger partial charge in [0.05, 0.1) is 26.6 Å². The van der Waals surface area contributed by atoms with E-state index in [4.69, 9.17) is 20.9 Å². The molecule has 4 N–H and O–H groups in total. The third kappa shape index (κ3) is 5.18. The highest BCUT2D eigenvalue weighted by Crippen LogP contribution is 2.29. The second-order valence-electron chi connectivity index (χ2n) is 5.98. The minimum Gasteiger partial charge on any atom is -1.00 e. The first-order valence-electron chi connectivity index (χ1n) is 8.34. The predicted octanol–water partition coefficient (Wildman–Crippen LogP) is -4.45. The molecule has 0 aliphatic rings. The van der Waals surface area contributed by atoms with Gasteiger partial charge >= 0.3 is 0 Å². The molecule has 0 aliphatic heterocycles. The Morgan fingerprint density at radius 2 is 1.11 bits per heavy atom. The summed E-state index contributed by atoms with van der Waals surface area (Å²) in [5.74, 6) is 2.94. The lowest BCUT2D eigenvalue weighted by Crippen LogP contribution is -3.00. The van der Waals surface area contributed by atoms with Crippen molar-refractivity contribution in [3.05, 3.63) is 72.1 Å². The van der Waals surface area contributed by atoms with Crippen LogP contribution in [0.4, 0.5) is 11.6 Å². The number of benzene rings is 1. The predicted molar refractivity (Wildman–Crippen MR) is 99.8 cm³/mol. The quantitative estimate of drug-likeness (QED) is 0.393. The van der Waals surface area contributed by atoms with E-state index in [9.17, 15) is 0 Å². The Morgan fingerprint density at radius 3 is 1.43 bits per heavy atom. The van der Waals surface area contributed by atoms with Crippen LogP contribution in [0.3, 0.4) is 0 Å². The number of anilines is 2. The summed E-state index contributed by atoms with van der Waals surface area (Å²) >= 11 is 0. The molecule has 28 heavy (non-hydrogen) atoms. The summed E-state index contributed by atoms with van der Waals surface area (Å²) in [6.07, 6.45) is 3.88. The molecule has 0 bridgehead atoms. The zero-order valence-corrected chi connectivity index (χ0v) is 17.3. The molecule has 3 rings (SSSR count). The van der Waals surface area contributed by atoms with E-state index in [1.807, 2.05) is 70.1 Å². The maximum absolute atomic E-state index is 6.05. The largest absolute Gasteiger partial charge is 1.00 e. The molecule has 8 heteroatoms. The molecule has 3 aromatic rings. The van der Waals surface area contributed by atoms with Crippen molar-refractivity contribution in [2.24, 2.45) is 0 Å². The number of nitrogen functional groups attached to an aromatic ring is 2. The van der Waals surface area contributed by atoms with Gasteiger partial charge in [-0.1, -0.05) is 12.1 Å². The maximum Gasteiger partial charge on any atom is 0.272 e. The first-order valence-corrected chi connectivity index (χ1v) is 8.34. The summed E-state index contributed by atoms with van der Waals surface area (Å²) in [5.41, 5.74) is 14.1. The van der Waals surface area contributed by atoms with Gasteiger partial charge in [-0.3, -0.25) is 11.5 Å². The number of pyridine rings is 2. The number of hydrogen-bond donors (Lipinski definition) is 2. The van der Waals surface area contributed by atoms with Gasteiger partial charge < -0.3 is 34.3 Å². The fourth-order valence-electron chi connectivity index (χ4n) is 2.91. The summed E-state index contributed by atoms with van der Waals surface area (Å²) in [6.45, 7) is 1.18. The van der Waals surface area contributed by atoms with Crippen LogP contribution in [0.5, 0.6) is 11.5 Å². The van der Waals surface area contributed by atoms with Crippen LogP contribution in [0.1, 0.15) is 11.1 Å². The van der Waals surface area contributed by atoms with Gasteiger partial charge in [0.2, 0.25) is 0 Å². The van der Waals surface area contributed by atoms with E-state index in [-0.39, 0.29) is 24.8 Å². The summed E-state index contributed by atoms with van der Waals surface area (Å²) in [6, 6.07) is 15.4. The summed E-state index contributed by atoms with van der Waals surface area (Å²) in [5, 5.41) is 0. The van der Waals surface area contributed by atoms with Crippen LogP contribution in [0.2, 0.25) is 0 Å². The molecule has 0 aliphatic carbocycles. The van der Waals surface area contributed by atoms with Crippen molar-refractivity contribution in [3.63, 3.8) is 0 Å².